The summed E-state index contributed by atoms with van der Waals surface area (Å²) in [4.78, 5) is 24.2. The number of carboxylic acid groups (broad SMARTS) is 1. The topological polar surface area (TPSA) is 66.8 Å². The summed E-state index contributed by atoms with van der Waals surface area (Å²) in [6.07, 6.45) is 0.232. The maximum absolute atomic E-state index is 14.4. The molecule has 1 aliphatic heterocycles. The van der Waals surface area contributed by atoms with Gasteiger partial charge in [-0.3, -0.25) is 4.79 Å². The van der Waals surface area contributed by atoms with Gasteiger partial charge in [0.1, 0.15) is 11.3 Å². The molecule has 1 heterocycles. The number of halogens is 1. The van der Waals surface area contributed by atoms with Gasteiger partial charge in [0.25, 0.3) is 0 Å². The maximum atomic E-state index is 14.4. The molecule has 0 aromatic heterocycles. The Hall–Kier alpha value is -1.33. The summed E-state index contributed by atoms with van der Waals surface area (Å²) in [6.45, 7) is 7.34. The third-order valence-corrected chi connectivity index (χ3v) is 3.42. The van der Waals surface area contributed by atoms with Gasteiger partial charge >= 0.3 is 12.1 Å². The second kappa shape index (κ2) is 5.97. The van der Waals surface area contributed by atoms with Crippen LogP contribution in [0.25, 0.3) is 0 Å². The third-order valence-electron chi connectivity index (χ3n) is 3.42. The SMILES string of the molecule is CC(C)(C)OC(=O)N1CCCC(C(C)(F)CC(=O)O)C1. The van der Waals surface area contributed by atoms with Gasteiger partial charge in [-0.2, -0.15) is 0 Å². The molecule has 0 aromatic carbocycles. The van der Waals surface area contributed by atoms with E-state index >= 15 is 0 Å². The molecule has 0 bridgehead atoms. The van der Waals surface area contributed by atoms with E-state index in [0.717, 1.165) is 0 Å². The lowest BCUT2D eigenvalue weighted by Gasteiger charge is -2.38. The third kappa shape index (κ3) is 4.98. The Bertz CT molecular complexity index is 376. The van der Waals surface area contributed by atoms with Crippen molar-refractivity contribution in [2.24, 2.45) is 5.92 Å². The molecule has 6 heteroatoms. The van der Waals surface area contributed by atoms with E-state index < -0.39 is 35.7 Å². The quantitative estimate of drug-likeness (QED) is 0.867. The fourth-order valence-electron chi connectivity index (χ4n) is 2.40. The van der Waals surface area contributed by atoms with E-state index in [2.05, 4.69) is 0 Å². The summed E-state index contributed by atoms with van der Waals surface area (Å²) in [6, 6.07) is 0. The summed E-state index contributed by atoms with van der Waals surface area (Å²) in [7, 11) is 0. The molecule has 2 unspecified atom stereocenters. The first-order valence-electron chi connectivity index (χ1n) is 6.90. The van der Waals surface area contributed by atoms with Crippen molar-refractivity contribution in [1.82, 2.24) is 4.90 Å². The van der Waals surface area contributed by atoms with Crippen molar-refractivity contribution in [3.8, 4) is 0 Å². The number of alkyl halides is 1. The number of carboxylic acids is 1. The normalized spacial score (nSPS) is 23.1. The van der Waals surface area contributed by atoms with E-state index in [9.17, 15) is 14.0 Å². The smallest absolute Gasteiger partial charge is 0.410 e. The molecule has 0 radical (unpaired) electrons. The Morgan fingerprint density at radius 2 is 1.95 bits per heavy atom. The van der Waals surface area contributed by atoms with Crippen molar-refractivity contribution < 1.29 is 23.8 Å². The van der Waals surface area contributed by atoms with E-state index in [1.54, 1.807) is 20.8 Å². The molecule has 1 N–H and O–H groups in total. The molecule has 0 spiro atoms. The number of carbonyl (C=O) groups excluding carboxylic acids is 1. The number of likely N-dealkylation sites (tertiary alicyclic amines) is 1. The number of carbonyl (C=O) groups is 2. The highest BCUT2D eigenvalue weighted by Gasteiger charge is 2.40. The van der Waals surface area contributed by atoms with Crippen molar-refractivity contribution in [2.75, 3.05) is 13.1 Å². The van der Waals surface area contributed by atoms with Crippen LogP contribution in [0.5, 0.6) is 0 Å². The van der Waals surface area contributed by atoms with Crippen molar-refractivity contribution in [1.29, 1.82) is 0 Å². The van der Waals surface area contributed by atoms with Crippen molar-refractivity contribution in [3.63, 3.8) is 0 Å². The summed E-state index contributed by atoms with van der Waals surface area (Å²) in [5.41, 5.74) is -2.41. The molecule has 1 amide bonds. The molecular formula is C14H24FNO4. The number of hydrogen-bond acceptors (Lipinski definition) is 3. The molecule has 1 rings (SSSR count). The Labute approximate surface area is 119 Å². The molecule has 116 valence electrons. The fourth-order valence-corrected chi connectivity index (χ4v) is 2.40. The van der Waals surface area contributed by atoms with Gasteiger partial charge < -0.3 is 14.7 Å². The Balaban J connectivity index is 2.67. The minimum absolute atomic E-state index is 0.204. The summed E-state index contributed by atoms with van der Waals surface area (Å²) < 4.78 is 19.7. The fraction of sp³-hybridized carbons (Fsp3) is 0.857. The zero-order chi connectivity index (χ0) is 15.6. The highest BCUT2D eigenvalue weighted by Crippen LogP contribution is 2.33. The number of ether oxygens (including phenoxy) is 1. The number of rotatable bonds is 3. The number of aliphatic carboxylic acids is 1. The van der Waals surface area contributed by atoms with E-state index in [0.29, 0.717) is 19.4 Å². The lowest BCUT2D eigenvalue weighted by Crippen LogP contribution is -2.48. The molecule has 0 saturated carbocycles. The first-order chi connectivity index (χ1) is 9.01. The van der Waals surface area contributed by atoms with Gasteiger partial charge in [-0.1, -0.05) is 0 Å². The number of hydrogen-bond donors (Lipinski definition) is 1. The number of piperidine rings is 1. The molecule has 1 aliphatic rings. The van der Waals surface area contributed by atoms with Crippen LogP contribution in [0.15, 0.2) is 0 Å². The molecule has 0 aromatic rings. The Morgan fingerprint density at radius 1 is 1.35 bits per heavy atom. The van der Waals surface area contributed by atoms with Crippen molar-refractivity contribution >= 4 is 12.1 Å². The molecular weight excluding hydrogens is 265 g/mol. The van der Waals surface area contributed by atoms with Crippen LogP contribution in [-0.4, -0.2) is 46.4 Å². The zero-order valence-electron chi connectivity index (χ0n) is 12.6. The minimum Gasteiger partial charge on any atom is -0.481 e. The van der Waals surface area contributed by atoms with Gasteiger partial charge in [0, 0.05) is 19.0 Å². The summed E-state index contributed by atoms with van der Waals surface area (Å²) in [5, 5.41) is 8.76. The van der Waals surface area contributed by atoms with Gasteiger partial charge in [-0.15, -0.1) is 0 Å². The molecule has 5 nitrogen and oxygen atoms in total. The lowest BCUT2D eigenvalue weighted by molar-refractivity contribution is -0.141. The minimum atomic E-state index is -1.81. The van der Waals surface area contributed by atoms with Gasteiger partial charge in [0.05, 0.1) is 6.42 Å². The van der Waals surface area contributed by atoms with Crippen LogP contribution in [0.3, 0.4) is 0 Å². The van der Waals surface area contributed by atoms with E-state index in [4.69, 9.17) is 9.84 Å². The maximum Gasteiger partial charge on any atom is 0.410 e. The average molecular weight is 289 g/mol. The Kier molecular flexibility index (Phi) is 5.00. The Morgan fingerprint density at radius 3 is 2.45 bits per heavy atom. The van der Waals surface area contributed by atoms with E-state index in [1.165, 1.54) is 11.8 Å². The number of amides is 1. The molecule has 0 aliphatic carbocycles. The first-order valence-corrected chi connectivity index (χ1v) is 6.90. The van der Waals surface area contributed by atoms with Crippen molar-refractivity contribution in [3.05, 3.63) is 0 Å². The predicted octanol–water partition coefficient (Wildman–Crippen LogP) is 2.84. The first kappa shape index (κ1) is 16.7. The highest BCUT2D eigenvalue weighted by atomic mass is 19.1. The lowest BCUT2D eigenvalue weighted by atomic mass is 9.82. The van der Waals surface area contributed by atoms with Crippen LogP contribution in [0, 0.1) is 5.92 Å². The van der Waals surface area contributed by atoms with Gasteiger partial charge in [-0.25, -0.2) is 9.18 Å². The highest BCUT2D eigenvalue weighted by molar-refractivity contribution is 5.69. The van der Waals surface area contributed by atoms with Crippen LogP contribution in [-0.2, 0) is 9.53 Å². The summed E-state index contributed by atoms with van der Waals surface area (Å²) in [5.74, 6) is -1.63. The standard InChI is InChI=1S/C14H24FNO4/c1-13(2,3)20-12(19)16-7-5-6-10(9-16)14(4,15)8-11(17)18/h10H,5-9H2,1-4H3,(H,17,18). The van der Waals surface area contributed by atoms with Gasteiger partial charge in [-0.05, 0) is 40.5 Å². The summed E-state index contributed by atoms with van der Waals surface area (Å²) >= 11 is 0. The largest absolute Gasteiger partial charge is 0.481 e. The van der Waals surface area contributed by atoms with Crippen LogP contribution in [0.4, 0.5) is 9.18 Å². The van der Waals surface area contributed by atoms with Crippen LogP contribution >= 0.6 is 0 Å². The van der Waals surface area contributed by atoms with Crippen molar-refractivity contribution in [2.45, 2.75) is 58.2 Å². The van der Waals surface area contributed by atoms with Gasteiger partial charge in [0.2, 0.25) is 0 Å². The zero-order valence-corrected chi connectivity index (χ0v) is 12.6. The van der Waals surface area contributed by atoms with E-state index in [1.807, 2.05) is 0 Å². The molecule has 20 heavy (non-hydrogen) atoms. The molecule has 1 saturated heterocycles. The molecule has 2 atom stereocenters. The average Bonchev–Trinajstić information content (AvgIpc) is 2.25. The second-order valence-electron chi connectivity index (χ2n) is 6.61. The number of nitrogens with zero attached hydrogens (tertiary/aromatic N) is 1. The van der Waals surface area contributed by atoms with Gasteiger partial charge in [0.15, 0.2) is 0 Å². The predicted molar refractivity (Wildman–Crippen MR) is 72.3 cm³/mol. The monoisotopic (exact) mass is 289 g/mol. The molecule has 1 fully saturated rings. The van der Waals surface area contributed by atoms with Crippen LogP contribution in [0.2, 0.25) is 0 Å². The van der Waals surface area contributed by atoms with Crippen LogP contribution < -0.4 is 0 Å². The van der Waals surface area contributed by atoms with E-state index in [-0.39, 0.29) is 6.54 Å². The second-order valence-corrected chi connectivity index (χ2v) is 6.61. The van der Waals surface area contributed by atoms with Crippen LogP contribution in [0.1, 0.15) is 47.0 Å².